The van der Waals surface area contributed by atoms with Gasteiger partial charge in [-0.3, -0.25) is 9.69 Å². The summed E-state index contributed by atoms with van der Waals surface area (Å²) in [5.41, 5.74) is 2.11. The Balaban J connectivity index is 1.53. The molecule has 3 rings (SSSR count). The van der Waals surface area contributed by atoms with Crippen LogP contribution in [-0.4, -0.2) is 58.3 Å². The number of aryl methyl sites for hydroxylation is 2. The van der Waals surface area contributed by atoms with Crippen LogP contribution in [0.5, 0.6) is 0 Å². The van der Waals surface area contributed by atoms with Crippen LogP contribution >= 0.6 is 0 Å². The number of nitrogens with zero attached hydrogens (tertiary/aromatic N) is 3. The molecule has 1 saturated heterocycles. The Morgan fingerprint density at radius 3 is 2.55 bits per heavy atom. The van der Waals surface area contributed by atoms with Crippen molar-refractivity contribution in [1.29, 1.82) is 0 Å². The van der Waals surface area contributed by atoms with E-state index in [1.807, 2.05) is 18.7 Å². The van der Waals surface area contributed by atoms with Gasteiger partial charge in [-0.05, 0) is 33.1 Å². The summed E-state index contributed by atoms with van der Waals surface area (Å²) in [6, 6.07) is 0. The maximum absolute atomic E-state index is 12.5. The molecule has 0 aromatic carbocycles. The number of aliphatic hydroxyl groups is 1. The van der Waals surface area contributed by atoms with Crippen molar-refractivity contribution in [3.8, 4) is 0 Å². The Labute approximate surface area is 131 Å². The van der Waals surface area contributed by atoms with E-state index in [0.717, 1.165) is 69.0 Å². The molecule has 6 nitrogen and oxygen atoms in total. The highest BCUT2D eigenvalue weighted by Crippen LogP contribution is 2.27. The van der Waals surface area contributed by atoms with Crippen molar-refractivity contribution in [2.45, 2.75) is 45.8 Å². The smallest absolute Gasteiger partial charge is 0.228 e. The zero-order valence-electron chi connectivity index (χ0n) is 13.4. The van der Waals surface area contributed by atoms with Crippen molar-refractivity contribution in [2.24, 2.45) is 5.92 Å². The summed E-state index contributed by atoms with van der Waals surface area (Å²) < 4.78 is 5.21. The SMILES string of the molecule is Cc1noc(C)c1CN1CCN(C(=O)C2CCCC2O)CC1. The lowest BCUT2D eigenvalue weighted by molar-refractivity contribution is -0.140. The maximum atomic E-state index is 12.5. The number of aliphatic hydroxyl groups excluding tert-OH is 1. The van der Waals surface area contributed by atoms with E-state index in [1.54, 1.807) is 0 Å². The van der Waals surface area contributed by atoms with Crippen molar-refractivity contribution < 1.29 is 14.4 Å². The van der Waals surface area contributed by atoms with Crippen LogP contribution in [-0.2, 0) is 11.3 Å². The molecule has 22 heavy (non-hydrogen) atoms. The molecule has 0 radical (unpaired) electrons. The molecule has 1 aliphatic carbocycles. The predicted octanol–water partition coefficient (Wildman–Crippen LogP) is 1.10. The van der Waals surface area contributed by atoms with Gasteiger partial charge in [0.1, 0.15) is 5.76 Å². The molecule has 2 aliphatic rings. The molecule has 2 unspecified atom stereocenters. The second-order valence-corrected chi connectivity index (χ2v) is 6.51. The van der Waals surface area contributed by atoms with Gasteiger partial charge < -0.3 is 14.5 Å². The number of hydrogen-bond acceptors (Lipinski definition) is 5. The van der Waals surface area contributed by atoms with Gasteiger partial charge in [0.2, 0.25) is 5.91 Å². The van der Waals surface area contributed by atoms with E-state index in [2.05, 4.69) is 10.1 Å². The Bertz CT molecular complexity index is 515. The predicted molar refractivity (Wildman–Crippen MR) is 81.2 cm³/mol. The molecule has 0 bridgehead atoms. The lowest BCUT2D eigenvalue weighted by Crippen LogP contribution is -2.50. The third-order valence-corrected chi connectivity index (χ3v) is 5.04. The van der Waals surface area contributed by atoms with Gasteiger partial charge in [-0.15, -0.1) is 0 Å². The summed E-state index contributed by atoms with van der Waals surface area (Å²) in [5.74, 6) is 0.848. The molecular formula is C16H25N3O3. The van der Waals surface area contributed by atoms with Crippen LogP contribution in [0, 0.1) is 19.8 Å². The molecule has 122 valence electrons. The van der Waals surface area contributed by atoms with Gasteiger partial charge in [-0.25, -0.2) is 0 Å². The number of piperazine rings is 1. The first-order chi connectivity index (χ1) is 10.6. The zero-order valence-corrected chi connectivity index (χ0v) is 13.4. The lowest BCUT2D eigenvalue weighted by Gasteiger charge is -2.36. The maximum Gasteiger partial charge on any atom is 0.228 e. The van der Waals surface area contributed by atoms with Crippen LogP contribution in [0.2, 0.25) is 0 Å². The fraction of sp³-hybridized carbons (Fsp3) is 0.750. The highest BCUT2D eigenvalue weighted by atomic mass is 16.5. The largest absolute Gasteiger partial charge is 0.392 e. The molecule has 1 aliphatic heterocycles. The van der Waals surface area contributed by atoms with Crippen LogP contribution < -0.4 is 0 Å². The standard InChI is InChI=1S/C16H25N3O3/c1-11-14(12(2)22-17-11)10-18-6-8-19(9-7-18)16(21)13-4-3-5-15(13)20/h13,15,20H,3-10H2,1-2H3. The fourth-order valence-corrected chi connectivity index (χ4v) is 3.54. The molecule has 1 aromatic heterocycles. The number of aromatic nitrogens is 1. The van der Waals surface area contributed by atoms with E-state index in [4.69, 9.17) is 4.52 Å². The summed E-state index contributed by atoms with van der Waals surface area (Å²) in [6.45, 7) is 7.94. The summed E-state index contributed by atoms with van der Waals surface area (Å²) in [6.07, 6.45) is 2.12. The molecule has 1 saturated carbocycles. The van der Waals surface area contributed by atoms with E-state index >= 15 is 0 Å². The topological polar surface area (TPSA) is 69.8 Å². The van der Waals surface area contributed by atoms with Crippen LogP contribution in [0.25, 0.3) is 0 Å². The summed E-state index contributed by atoms with van der Waals surface area (Å²) in [4.78, 5) is 16.7. The summed E-state index contributed by atoms with van der Waals surface area (Å²) in [5, 5.41) is 13.9. The van der Waals surface area contributed by atoms with Crippen molar-refractivity contribution in [3.05, 3.63) is 17.0 Å². The van der Waals surface area contributed by atoms with Gasteiger partial charge in [0, 0.05) is 38.3 Å². The minimum absolute atomic E-state index is 0.141. The van der Waals surface area contributed by atoms with E-state index in [-0.39, 0.29) is 11.8 Å². The van der Waals surface area contributed by atoms with Crippen molar-refractivity contribution >= 4 is 5.91 Å². The molecule has 2 fully saturated rings. The normalized spacial score (nSPS) is 26.6. The number of amides is 1. The molecule has 6 heteroatoms. The lowest BCUT2D eigenvalue weighted by atomic mass is 10.0. The molecule has 1 aromatic rings. The van der Waals surface area contributed by atoms with Gasteiger partial charge in [0.15, 0.2) is 0 Å². The average Bonchev–Trinajstić information content (AvgIpc) is 3.08. The Morgan fingerprint density at radius 1 is 1.27 bits per heavy atom. The summed E-state index contributed by atoms with van der Waals surface area (Å²) >= 11 is 0. The highest BCUT2D eigenvalue weighted by Gasteiger charge is 2.35. The first-order valence-corrected chi connectivity index (χ1v) is 8.17. The van der Waals surface area contributed by atoms with Gasteiger partial charge in [0.25, 0.3) is 0 Å². The molecule has 1 amide bonds. The minimum atomic E-state index is -0.437. The Kier molecular flexibility index (Phi) is 4.49. The number of carbonyl (C=O) groups excluding carboxylic acids is 1. The highest BCUT2D eigenvalue weighted by molar-refractivity contribution is 5.79. The van der Waals surface area contributed by atoms with E-state index in [0.29, 0.717) is 0 Å². The molecule has 2 atom stereocenters. The minimum Gasteiger partial charge on any atom is -0.392 e. The van der Waals surface area contributed by atoms with Gasteiger partial charge in [-0.2, -0.15) is 0 Å². The first kappa shape index (κ1) is 15.5. The van der Waals surface area contributed by atoms with Crippen molar-refractivity contribution in [2.75, 3.05) is 26.2 Å². The summed E-state index contributed by atoms with van der Waals surface area (Å²) in [7, 11) is 0. The van der Waals surface area contributed by atoms with E-state index < -0.39 is 6.10 Å². The first-order valence-electron chi connectivity index (χ1n) is 8.17. The van der Waals surface area contributed by atoms with E-state index in [9.17, 15) is 9.90 Å². The second kappa shape index (κ2) is 6.38. The van der Waals surface area contributed by atoms with Crippen molar-refractivity contribution in [3.63, 3.8) is 0 Å². The molecule has 0 spiro atoms. The average molecular weight is 307 g/mol. The Hall–Kier alpha value is -1.40. The quantitative estimate of drug-likeness (QED) is 0.905. The van der Waals surface area contributed by atoms with Gasteiger partial charge in [-0.1, -0.05) is 5.16 Å². The second-order valence-electron chi connectivity index (χ2n) is 6.51. The van der Waals surface area contributed by atoms with Crippen LogP contribution in [0.3, 0.4) is 0 Å². The monoisotopic (exact) mass is 307 g/mol. The molecule has 2 heterocycles. The van der Waals surface area contributed by atoms with Crippen molar-refractivity contribution in [1.82, 2.24) is 15.0 Å². The number of hydrogen-bond donors (Lipinski definition) is 1. The molecule has 1 N–H and O–H groups in total. The molecular weight excluding hydrogens is 282 g/mol. The zero-order chi connectivity index (χ0) is 15.7. The fourth-order valence-electron chi connectivity index (χ4n) is 3.54. The number of rotatable bonds is 3. The Morgan fingerprint density at radius 2 is 2.00 bits per heavy atom. The van der Waals surface area contributed by atoms with Crippen LogP contribution in [0.4, 0.5) is 0 Å². The third-order valence-electron chi connectivity index (χ3n) is 5.04. The third kappa shape index (κ3) is 3.03. The van der Waals surface area contributed by atoms with Gasteiger partial charge >= 0.3 is 0 Å². The van der Waals surface area contributed by atoms with E-state index in [1.165, 1.54) is 0 Å². The number of carbonyl (C=O) groups is 1. The van der Waals surface area contributed by atoms with Crippen LogP contribution in [0.1, 0.15) is 36.3 Å². The van der Waals surface area contributed by atoms with Gasteiger partial charge in [0.05, 0.1) is 17.7 Å². The van der Waals surface area contributed by atoms with Crippen LogP contribution in [0.15, 0.2) is 4.52 Å².